The number of aromatic nitrogens is 1. The second-order valence-electron chi connectivity index (χ2n) is 5.22. The first-order valence-corrected chi connectivity index (χ1v) is 7.40. The summed E-state index contributed by atoms with van der Waals surface area (Å²) >= 11 is 0. The lowest BCUT2D eigenvalue weighted by atomic mass is 10.1. The zero-order chi connectivity index (χ0) is 14.4. The quantitative estimate of drug-likeness (QED) is 0.823. The van der Waals surface area contributed by atoms with Gasteiger partial charge in [0.25, 0.3) is 0 Å². The van der Waals surface area contributed by atoms with Gasteiger partial charge in [-0.25, -0.2) is 0 Å². The Morgan fingerprint density at radius 2 is 2.40 bits per heavy atom. The molecular formula is C15H25N3O2. The molecule has 5 nitrogen and oxygen atoms in total. The van der Waals surface area contributed by atoms with Crippen LogP contribution in [0.5, 0.6) is 0 Å². The fourth-order valence-corrected chi connectivity index (χ4v) is 2.43. The minimum atomic E-state index is 0.0343. The van der Waals surface area contributed by atoms with Gasteiger partial charge in [-0.05, 0) is 32.0 Å². The van der Waals surface area contributed by atoms with Gasteiger partial charge in [0.05, 0.1) is 43.4 Å². The molecular weight excluding hydrogens is 254 g/mol. The maximum absolute atomic E-state index is 9.41. The Hall–Kier alpha value is -1.17. The molecule has 2 atom stereocenters. The number of pyridine rings is 1. The van der Waals surface area contributed by atoms with E-state index >= 15 is 0 Å². The van der Waals surface area contributed by atoms with E-state index in [1.807, 2.05) is 6.20 Å². The summed E-state index contributed by atoms with van der Waals surface area (Å²) in [4.78, 5) is 6.72. The Balaban J connectivity index is 2.03. The van der Waals surface area contributed by atoms with Gasteiger partial charge in [-0.3, -0.25) is 4.98 Å². The molecule has 0 aromatic carbocycles. The van der Waals surface area contributed by atoms with E-state index in [0.29, 0.717) is 13.2 Å². The van der Waals surface area contributed by atoms with Crippen LogP contribution < -0.4 is 10.2 Å². The van der Waals surface area contributed by atoms with Crippen LogP contribution in [0.2, 0.25) is 0 Å². The van der Waals surface area contributed by atoms with Crippen molar-refractivity contribution in [2.75, 3.05) is 37.8 Å². The maximum Gasteiger partial charge on any atom is 0.0756 e. The van der Waals surface area contributed by atoms with E-state index < -0.39 is 0 Å². The van der Waals surface area contributed by atoms with E-state index in [2.05, 4.69) is 41.2 Å². The second kappa shape index (κ2) is 7.57. The van der Waals surface area contributed by atoms with Crippen LogP contribution in [-0.4, -0.2) is 49.0 Å². The van der Waals surface area contributed by atoms with Gasteiger partial charge in [-0.1, -0.05) is 6.92 Å². The standard InChI is InChI=1S/C15H25N3O2/c1-3-6-16-12(2)15-5-4-13(9-17-15)18-7-8-20-11-14(18)10-19/h4-5,9,12,14,16,19H,3,6-8,10-11H2,1-2H3. The number of morpholine rings is 1. The number of nitrogens with zero attached hydrogens (tertiary/aromatic N) is 2. The molecule has 0 bridgehead atoms. The highest BCUT2D eigenvalue weighted by Crippen LogP contribution is 2.20. The fraction of sp³-hybridized carbons (Fsp3) is 0.667. The van der Waals surface area contributed by atoms with E-state index in [1.165, 1.54) is 0 Å². The van der Waals surface area contributed by atoms with Crippen molar-refractivity contribution in [1.29, 1.82) is 0 Å². The molecule has 1 aliphatic rings. The Morgan fingerprint density at radius 1 is 1.55 bits per heavy atom. The molecule has 2 rings (SSSR count). The fourth-order valence-electron chi connectivity index (χ4n) is 2.43. The Bertz CT molecular complexity index is 397. The monoisotopic (exact) mass is 279 g/mol. The van der Waals surface area contributed by atoms with Gasteiger partial charge in [-0.15, -0.1) is 0 Å². The molecule has 5 heteroatoms. The first kappa shape index (κ1) is 15.2. The van der Waals surface area contributed by atoms with E-state index in [4.69, 9.17) is 4.74 Å². The van der Waals surface area contributed by atoms with Crippen LogP contribution in [0.4, 0.5) is 5.69 Å². The number of hydrogen-bond acceptors (Lipinski definition) is 5. The molecule has 0 saturated carbocycles. The molecule has 1 fully saturated rings. The minimum Gasteiger partial charge on any atom is -0.394 e. The summed E-state index contributed by atoms with van der Waals surface area (Å²) in [5, 5.41) is 12.8. The van der Waals surface area contributed by atoms with E-state index in [-0.39, 0.29) is 18.7 Å². The highest BCUT2D eigenvalue weighted by atomic mass is 16.5. The topological polar surface area (TPSA) is 57.6 Å². The van der Waals surface area contributed by atoms with Gasteiger partial charge < -0.3 is 20.1 Å². The Kier molecular flexibility index (Phi) is 5.76. The summed E-state index contributed by atoms with van der Waals surface area (Å²) in [6.07, 6.45) is 3.02. The third-order valence-electron chi connectivity index (χ3n) is 3.68. The van der Waals surface area contributed by atoms with Gasteiger partial charge in [0, 0.05) is 12.6 Å². The van der Waals surface area contributed by atoms with Gasteiger partial charge in [-0.2, -0.15) is 0 Å². The summed E-state index contributed by atoms with van der Waals surface area (Å²) < 4.78 is 5.40. The summed E-state index contributed by atoms with van der Waals surface area (Å²) in [6.45, 7) is 7.47. The highest BCUT2D eigenvalue weighted by molar-refractivity contribution is 5.46. The molecule has 0 radical (unpaired) electrons. The second-order valence-corrected chi connectivity index (χ2v) is 5.22. The SMILES string of the molecule is CCCNC(C)c1ccc(N2CCOCC2CO)cn1. The van der Waals surface area contributed by atoms with Crippen molar-refractivity contribution in [1.82, 2.24) is 10.3 Å². The van der Waals surface area contributed by atoms with Crippen LogP contribution >= 0.6 is 0 Å². The summed E-state index contributed by atoms with van der Waals surface area (Å²) in [5.74, 6) is 0. The number of hydrogen-bond donors (Lipinski definition) is 2. The minimum absolute atomic E-state index is 0.0343. The number of ether oxygens (including phenoxy) is 1. The molecule has 1 aliphatic heterocycles. The average molecular weight is 279 g/mol. The zero-order valence-corrected chi connectivity index (χ0v) is 12.4. The van der Waals surface area contributed by atoms with Crippen LogP contribution in [0.25, 0.3) is 0 Å². The number of nitrogens with one attached hydrogen (secondary N) is 1. The molecule has 1 aromatic heterocycles. The van der Waals surface area contributed by atoms with E-state index in [0.717, 1.165) is 30.9 Å². The average Bonchev–Trinajstić information content (AvgIpc) is 2.52. The third kappa shape index (κ3) is 3.69. The number of rotatable bonds is 6. The summed E-state index contributed by atoms with van der Waals surface area (Å²) in [5.41, 5.74) is 2.11. The van der Waals surface area contributed by atoms with Crippen molar-refractivity contribution in [2.24, 2.45) is 0 Å². The van der Waals surface area contributed by atoms with Crippen LogP contribution in [-0.2, 0) is 4.74 Å². The lowest BCUT2D eigenvalue weighted by molar-refractivity contribution is 0.0727. The van der Waals surface area contributed by atoms with Crippen molar-refractivity contribution in [3.63, 3.8) is 0 Å². The predicted molar refractivity (Wildman–Crippen MR) is 80.0 cm³/mol. The molecule has 2 heterocycles. The normalized spacial score (nSPS) is 20.9. The molecule has 2 unspecified atom stereocenters. The van der Waals surface area contributed by atoms with Crippen LogP contribution in [0, 0.1) is 0 Å². The molecule has 20 heavy (non-hydrogen) atoms. The smallest absolute Gasteiger partial charge is 0.0756 e. The first-order valence-electron chi connectivity index (χ1n) is 7.40. The van der Waals surface area contributed by atoms with E-state index in [9.17, 15) is 5.11 Å². The van der Waals surface area contributed by atoms with Gasteiger partial charge in [0.2, 0.25) is 0 Å². The van der Waals surface area contributed by atoms with Gasteiger partial charge >= 0.3 is 0 Å². The van der Waals surface area contributed by atoms with Crippen molar-refractivity contribution >= 4 is 5.69 Å². The largest absolute Gasteiger partial charge is 0.394 e. The van der Waals surface area contributed by atoms with Crippen molar-refractivity contribution < 1.29 is 9.84 Å². The van der Waals surface area contributed by atoms with Crippen molar-refractivity contribution in [3.8, 4) is 0 Å². The molecule has 2 N–H and O–H groups in total. The first-order chi connectivity index (χ1) is 9.76. The molecule has 112 valence electrons. The van der Waals surface area contributed by atoms with Gasteiger partial charge in [0.15, 0.2) is 0 Å². The maximum atomic E-state index is 9.41. The number of aliphatic hydroxyl groups is 1. The van der Waals surface area contributed by atoms with Crippen LogP contribution in [0.15, 0.2) is 18.3 Å². The predicted octanol–water partition coefficient (Wildman–Crippen LogP) is 1.34. The van der Waals surface area contributed by atoms with E-state index in [1.54, 1.807) is 0 Å². The van der Waals surface area contributed by atoms with Crippen molar-refractivity contribution in [3.05, 3.63) is 24.0 Å². The zero-order valence-electron chi connectivity index (χ0n) is 12.4. The molecule has 1 aromatic rings. The van der Waals surface area contributed by atoms with Crippen molar-refractivity contribution in [2.45, 2.75) is 32.4 Å². The third-order valence-corrected chi connectivity index (χ3v) is 3.68. The lowest BCUT2D eigenvalue weighted by Gasteiger charge is -2.36. The van der Waals surface area contributed by atoms with Crippen LogP contribution in [0.1, 0.15) is 32.0 Å². The summed E-state index contributed by atoms with van der Waals surface area (Å²) in [7, 11) is 0. The molecule has 0 amide bonds. The van der Waals surface area contributed by atoms with Gasteiger partial charge in [0.1, 0.15) is 0 Å². The summed E-state index contributed by atoms with van der Waals surface area (Å²) in [6, 6.07) is 4.45. The van der Waals surface area contributed by atoms with Crippen LogP contribution in [0.3, 0.4) is 0 Å². The Labute approximate surface area is 121 Å². The lowest BCUT2D eigenvalue weighted by Crippen LogP contribution is -2.47. The number of aliphatic hydroxyl groups excluding tert-OH is 1. The molecule has 0 aliphatic carbocycles. The molecule has 0 spiro atoms. The highest BCUT2D eigenvalue weighted by Gasteiger charge is 2.22. The number of anilines is 1. The molecule has 1 saturated heterocycles. The Morgan fingerprint density at radius 3 is 3.05 bits per heavy atom.